The van der Waals surface area contributed by atoms with E-state index in [1.54, 1.807) is 0 Å². The molecule has 24 heavy (non-hydrogen) atoms. The van der Waals surface area contributed by atoms with Crippen LogP contribution in [0.3, 0.4) is 0 Å². The highest BCUT2D eigenvalue weighted by Crippen LogP contribution is 2.52. The summed E-state index contributed by atoms with van der Waals surface area (Å²) in [5.41, 5.74) is 2.84. The van der Waals surface area contributed by atoms with Crippen LogP contribution < -0.4 is 5.69 Å². The minimum absolute atomic E-state index is 0.242. The van der Waals surface area contributed by atoms with E-state index in [0.29, 0.717) is 24.3 Å². The van der Waals surface area contributed by atoms with Crippen molar-refractivity contribution in [2.24, 2.45) is 10.8 Å². The molecule has 1 aliphatic carbocycles. The van der Waals surface area contributed by atoms with Crippen LogP contribution >= 0.6 is 0 Å². The number of aryl methyl sites for hydroxylation is 2. The van der Waals surface area contributed by atoms with Gasteiger partial charge in [0.05, 0.1) is 0 Å². The summed E-state index contributed by atoms with van der Waals surface area (Å²) in [6.07, 6.45) is 4.57. The van der Waals surface area contributed by atoms with E-state index >= 15 is 0 Å². The summed E-state index contributed by atoms with van der Waals surface area (Å²) in [6.45, 7) is 11.6. The maximum absolute atomic E-state index is 12.8. The van der Waals surface area contributed by atoms with Crippen molar-refractivity contribution in [3.63, 3.8) is 0 Å². The lowest BCUT2D eigenvalue weighted by molar-refractivity contribution is -0.132. The largest absolute Gasteiger partial charge is 0.345 e. The quantitative estimate of drug-likeness (QED) is 0.926. The van der Waals surface area contributed by atoms with Crippen molar-refractivity contribution < 1.29 is 4.79 Å². The number of nitrogens with zero attached hydrogens (tertiary/aromatic N) is 2. The lowest BCUT2D eigenvalue weighted by Crippen LogP contribution is -2.37. The third-order valence-corrected chi connectivity index (χ3v) is 5.78. The minimum Gasteiger partial charge on any atom is -0.339 e. The summed E-state index contributed by atoms with van der Waals surface area (Å²) < 4.78 is 0. The van der Waals surface area contributed by atoms with Crippen LogP contribution in [0.25, 0.3) is 0 Å². The van der Waals surface area contributed by atoms with Gasteiger partial charge in [0.25, 0.3) is 0 Å². The Bertz CT molecular complexity index is 696. The zero-order valence-corrected chi connectivity index (χ0v) is 15.5. The van der Waals surface area contributed by atoms with Gasteiger partial charge < -0.3 is 9.88 Å². The number of carbonyl (C=O) groups is 1. The molecule has 1 saturated heterocycles. The molecule has 2 bridgehead atoms. The lowest BCUT2D eigenvalue weighted by atomic mass is 9.65. The van der Waals surface area contributed by atoms with Gasteiger partial charge in [-0.05, 0) is 55.9 Å². The van der Waals surface area contributed by atoms with Gasteiger partial charge in [-0.1, -0.05) is 20.8 Å². The van der Waals surface area contributed by atoms with Gasteiger partial charge >= 0.3 is 5.69 Å². The van der Waals surface area contributed by atoms with Crippen LogP contribution in [0.4, 0.5) is 0 Å². The molecule has 132 valence electrons. The number of amides is 1. The van der Waals surface area contributed by atoms with Crippen molar-refractivity contribution in [1.82, 2.24) is 14.9 Å². The first-order valence-corrected chi connectivity index (χ1v) is 8.94. The third kappa shape index (κ3) is 3.26. The molecule has 1 aromatic heterocycles. The summed E-state index contributed by atoms with van der Waals surface area (Å²) in [6, 6.07) is 0.391. The number of H-pyrrole nitrogens is 1. The number of aromatic nitrogens is 2. The molecular formula is C19H29N3O2. The monoisotopic (exact) mass is 331 g/mol. The number of carbonyl (C=O) groups excluding carboxylic acids is 1. The fraction of sp³-hybridized carbons (Fsp3) is 0.737. The molecule has 2 heterocycles. The maximum atomic E-state index is 12.8. The van der Waals surface area contributed by atoms with E-state index in [9.17, 15) is 9.59 Å². The van der Waals surface area contributed by atoms with Crippen molar-refractivity contribution in [3.05, 3.63) is 27.4 Å². The van der Waals surface area contributed by atoms with Crippen LogP contribution in [0.5, 0.6) is 0 Å². The Kier molecular flexibility index (Phi) is 4.09. The molecule has 1 amide bonds. The van der Waals surface area contributed by atoms with Crippen LogP contribution in [0, 0.1) is 24.7 Å². The number of hydrogen-bond acceptors (Lipinski definition) is 3. The smallest absolute Gasteiger partial charge is 0.339 e. The van der Waals surface area contributed by atoms with Gasteiger partial charge in [-0.3, -0.25) is 4.79 Å². The highest BCUT2D eigenvalue weighted by atomic mass is 16.2. The number of rotatable bonds is 3. The van der Waals surface area contributed by atoms with E-state index in [1.807, 2.05) is 13.8 Å². The number of aromatic amines is 1. The molecule has 5 nitrogen and oxygen atoms in total. The predicted molar refractivity (Wildman–Crippen MR) is 93.9 cm³/mol. The summed E-state index contributed by atoms with van der Waals surface area (Å²) >= 11 is 0. The second kappa shape index (κ2) is 5.71. The van der Waals surface area contributed by atoms with Gasteiger partial charge in [-0.25, -0.2) is 4.79 Å². The Morgan fingerprint density at radius 3 is 2.67 bits per heavy atom. The van der Waals surface area contributed by atoms with Gasteiger partial charge in [-0.15, -0.1) is 0 Å². The van der Waals surface area contributed by atoms with Crippen molar-refractivity contribution in [1.29, 1.82) is 0 Å². The topological polar surface area (TPSA) is 66.1 Å². The molecule has 1 saturated carbocycles. The van der Waals surface area contributed by atoms with Crippen LogP contribution in [0.2, 0.25) is 0 Å². The second-order valence-corrected chi connectivity index (χ2v) is 8.97. The average molecular weight is 331 g/mol. The zero-order chi connectivity index (χ0) is 17.7. The number of fused-ring (bicyclic) bond motifs is 2. The molecular weight excluding hydrogens is 302 g/mol. The molecule has 1 aliphatic heterocycles. The molecule has 2 aliphatic rings. The zero-order valence-electron chi connectivity index (χ0n) is 15.5. The van der Waals surface area contributed by atoms with Crippen molar-refractivity contribution in [2.75, 3.05) is 6.54 Å². The van der Waals surface area contributed by atoms with E-state index in [-0.39, 0.29) is 17.0 Å². The van der Waals surface area contributed by atoms with E-state index in [2.05, 4.69) is 35.6 Å². The average Bonchev–Trinajstić information content (AvgIpc) is 2.66. The van der Waals surface area contributed by atoms with Gasteiger partial charge in [0.2, 0.25) is 5.91 Å². The predicted octanol–water partition coefficient (Wildman–Crippen LogP) is 2.75. The highest BCUT2D eigenvalue weighted by Gasteiger charge is 2.50. The molecule has 1 N–H and O–H groups in total. The SMILES string of the molecule is Cc1nc(=O)[nH]c(C)c1CCC(=O)N1C[C@]2(C)C[C@H]1CC(C)(C)C2. The Hall–Kier alpha value is -1.65. The normalized spacial score (nSPS) is 28.2. The molecule has 2 atom stereocenters. The fourth-order valence-corrected chi connectivity index (χ4v) is 5.25. The van der Waals surface area contributed by atoms with Gasteiger partial charge in [0, 0.05) is 30.4 Å². The minimum atomic E-state index is -0.316. The van der Waals surface area contributed by atoms with Crippen molar-refractivity contribution >= 4 is 5.91 Å². The van der Waals surface area contributed by atoms with Crippen LogP contribution in [-0.2, 0) is 11.2 Å². The summed E-state index contributed by atoms with van der Waals surface area (Å²) in [4.78, 5) is 33.0. The summed E-state index contributed by atoms with van der Waals surface area (Å²) in [7, 11) is 0. The first-order chi connectivity index (χ1) is 11.1. The summed E-state index contributed by atoms with van der Waals surface area (Å²) in [5, 5.41) is 0. The van der Waals surface area contributed by atoms with Crippen molar-refractivity contribution in [3.8, 4) is 0 Å². The van der Waals surface area contributed by atoms with Gasteiger partial charge in [0.1, 0.15) is 0 Å². The standard InChI is InChI=1S/C19H29N3O2/c1-12-15(13(2)21-17(24)20-12)6-7-16(23)22-11-19(5)9-14(22)8-18(3,4)10-19/h14H,6-11H2,1-5H3,(H,20,21,24)/t14-,19-/m1/s1. The van der Waals surface area contributed by atoms with Crippen LogP contribution in [0.1, 0.15) is 63.4 Å². The third-order valence-electron chi connectivity index (χ3n) is 5.78. The first-order valence-electron chi connectivity index (χ1n) is 8.94. The Balaban J connectivity index is 1.70. The van der Waals surface area contributed by atoms with E-state index in [4.69, 9.17) is 0 Å². The summed E-state index contributed by atoms with van der Waals surface area (Å²) in [5.74, 6) is 0.242. The number of nitrogens with one attached hydrogen (secondary N) is 1. The Morgan fingerprint density at radius 1 is 1.29 bits per heavy atom. The lowest BCUT2D eigenvalue weighted by Gasteiger charge is -2.39. The molecule has 0 radical (unpaired) electrons. The maximum Gasteiger partial charge on any atom is 0.345 e. The highest BCUT2D eigenvalue weighted by molar-refractivity contribution is 5.77. The molecule has 0 spiro atoms. The van der Waals surface area contributed by atoms with Gasteiger partial charge in [0.15, 0.2) is 0 Å². The van der Waals surface area contributed by atoms with Crippen LogP contribution in [0.15, 0.2) is 4.79 Å². The van der Waals surface area contributed by atoms with Gasteiger partial charge in [-0.2, -0.15) is 4.98 Å². The van der Waals surface area contributed by atoms with E-state index in [1.165, 1.54) is 6.42 Å². The number of likely N-dealkylation sites (tertiary alicyclic amines) is 1. The molecule has 3 rings (SSSR count). The van der Waals surface area contributed by atoms with Crippen molar-refractivity contribution in [2.45, 2.75) is 72.8 Å². The molecule has 1 aromatic rings. The molecule has 2 fully saturated rings. The molecule has 0 unspecified atom stereocenters. The number of hydrogen-bond donors (Lipinski definition) is 1. The molecule has 0 aromatic carbocycles. The Labute approximate surface area is 143 Å². The fourth-order valence-electron chi connectivity index (χ4n) is 5.25. The molecule has 5 heteroatoms. The van der Waals surface area contributed by atoms with E-state index < -0.39 is 0 Å². The second-order valence-electron chi connectivity index (χ2n) is 8.97. The first kappa shape index (κ1) is 17.2. The van der Waals surface area contributed by atoms with E-state index in [0.717, 1.165) is 36.3 Å². The van der Waals surface area contributed by atoms with Crippen LogP contribution in [-0.4, -0.2) is 33.4 Å². The Morgan fingerprint density at radius 2 is 2.00 bits per heavy atom.